The van der Waals surface area contributed by atoms with E-state index in [1.165, 1.54) is 28.6 Å². The molecular weight excluding hydrogens is 368 g/mol. The quantitative estimate of drug-likeness (QED) is 0.767. The Balaban J connectivity index is 1.80. The fourth-order valence-corrected chi connectivity index (χ4v) is 5.51. The zero-order chi connectivity index (χ0) is 19.8. The molecule has 1 heterocycles. The molecule has 1 aliphatic carbocycles. The van der Waals surface area contributed by atoms with Crippen molar-refractivity contribution in [2.75, 3.05) is 13.1 Å². The molecule has 3 rings (SSSR count). The predicted octanol–water partition coefficient (Wildman–Crippen LogP) is 1.95. The van der Waals surface area contributed by atoms with Crippen molar-refractivity contribution in [2.24, 2.45) is 17.8 Å². The summed E-state index contributed by atoms with van der Waals surface area (Å²) in [5.74, 6) is -1.11. The van der Waals surface area contributed by atoms with Crippen LogP contribution in [0.4, 0.5) is 0 Å². The number of piperidine rings is 1. The molecule has 1 amide bonds. The number of nitrogens with one attached hydrogen (secondary N) is 1. The molecule has 0 spiro atoms. The molecule has 8 heteroatoms. The summed E-state index contributed by atoms with van der Waals surface area (Å²) in [6, 6.07) is 4.90. The molecule has 7 nitrogen and oxygen atoms in total. The van der Waals surface area contributed by atoms with E-state index in [1.54, 1.807) is 0 Å². The smallest absolute Gasteiger partial charge is 0.326 e. The van der Waals surface area contributed by atoms with E-state index >= 15 is 0 Å². The largest absolute Gasteiger partial charge is 0.480 e. The van der Waals surface area contributed by atoms with Crippen molar-refractivity contribution >= 4 is 21.9 Å². The number of hydrogen-bond acceptors (Lipinski definition) is 4. The van der Waals surface area contributed by atoms with Crippen LogP contribution in [0.5, 0.6) is 0 Å². The maximum absolute atomic E-state index is 13.0. The Morgan fingerprint density at radius 2 is 1.81 bits per heavy atom. The van der Waals surface area contributed by atoms with Gasteiger partial charge >= 0.3 is 5.97 Å². The molecule has 0 radical (unpaired) electrons. The highest BCUT2D eigenvalue weighted by Gasteiger charge is 2.37. The number of carbonyl (C=O) groups is 2. The van der Waals surface area contributed by atoms with Crippen LogP contribution in [-0.4, -0.2) is 48.8 Å². The van der Waals surface area contributed by atoms with Gasteiger partial charge in [-0.25, -0.2) is 13.2 Å². The second kappa shape index (κ2) is 7.59. The van der Waals surface area contributed by atoms with Crippen LogP contribution < -0.4 is 5.32 Å². The van der Waals surface area contributed by atoms with Crippen LogP contribution >= 0.6 is 0 Å². The topological polar surface area (TPSA) is 104 Å². The van der Waals surface area contributed by atoms with Crippen LogP contribution in [0.1, 0.15) is 43.5 Å². The lowest BCUT2D eigenvalue weighted by Crippen LogP contribution is -2.43. The molecule has 1 aromatic rings. The first-order valence-corrected chi connectivity index (χ1v) is 10.8. The lowest BCUT2D eigenvalue weighted by Gasteiger charge is -2.34. The van der Waals surface area contributed by atoms with Gasteiger partial charge in [-0.1, -0.05) is 19.9 Å². The minimum absolute atomic E-state index is 0.0466. The summed E-state index contributed by atoms with van der Waals surface area (Å²) in [5.41, 5.74) is 0.154. The molecule has 1 aliphatic heterocycles. The van der Waals surface area contributed by atoms with E-state index in [0.29, 0.717) is 13.1 Å². The summed E-state index contributed by atoms with van der Waals surface area (Å²) >= 11 is 0. The number of rotatable bonds is 6. The lowest BCUT2D eigenvalue weighted by molar-refractivity contribution is -0.139. The molecular formula is C19H26N2O5S. The number of nitrogens with zero attached hydrogens (tertiary/aromatic N) is 1. The summed E-state index contributed by atoms with van der Waals surface area (Å²) < 4.78 is 27.5. The summed E-state index contributed by atoms with van der Waals surface area (Å²) in [7, 11) is -3.70. The Kier molecular flexibility index (Phi) is 5.58. The van der Waals surface area contributed by atoms with Gasteiger partial charge in [-0.2, -0.15) is 4.31 Å². The molecule has 3 atom stereocenters. The first-order chi connectivity index (χ1) is 12.7. The van der Waals surface area contributed by atoms with Crippen molar-refractivity contribution in [1.82, 2.24) is 9.62 Å². The second-order valence-electron chi connectivity index (χ2n) is 7.92. The molecule has 2 aliphatic rings. The Bertz CT molecular complexity index is 824. The summed E-state index contributed by atoms with van der Waals surface area (Å²) in [6.07, 6.45) is 2.54. The first-order valence-electron chi connectivity index (χ1n) is 9.32. The number of aliphatic carboxylic acids is 1. The van der Waals surface area contributed by atoms with Crippen LogP contribution in [0.15, 0.2) is 29.2 Å². The standard InChI is InChI=1S/C19H26N2O5S/c1-12-8-13(2)11-21(10-12)27(25,26)16-5-3-4-15(9-16)18(22)20-17(19(23)24)14-6-7-14/h3-5,9,12-14,17H,6-8,10-11H2,1-2H3,(H,20,22)(H,23,24). The van der Waals surface area contributed by atoms with Gasteiger partial charge < -0.3 is 10.4 Å². The second-order valence-corrected chi connectivity index (χ2v) is 9.86. The number of carbonyl (C=O) groups excluding carboxylic acids is 1. The molecule has 27 heavy (non-hydrogen) atoms. The third-order valence-corrected chi connectivity index (χ3v) is 7.04. The van der Waals surface area contributed by atoms with Crippen LogP contribution in [-0.2, 0) is 14.8 Å². The Morgan fingerprint density at radius 3 is 2.37 bits per heavy atom. The van der Waals surface area contributed by atoms with Crippen molar-refractivity contribution in [2.45, 2.75) is 44.0 Å². The zero-order valence-corrected chi connectivity index (χ0v) is 16.4. The molecule has 1 saturated heterocycles. The van der Waals surface area contributed by atoms with Crippen molar-refractivity contribution in [3.8, 4) is 0 Å². The fraction of sp³-hybridized carbons (Fsp3) is 0.579. The van der Waals surface area contributed by atoms with E-state index in [1.807, 2.05) is 13.8 Å². The van der Waals surface area contributed by atoms with Gasteiger partial charge in [-0.05, 0) is 55.2 Å². The van der Waals surface area contributed by atoms with E-state index in [0.717, 1.165) is 19.3 Å². The highest BCUT2D eigenvalue weighted by atomic mass is 32.2. The summed E-state index contributed by atoms with van der Waals surface area (Å²) in [5, 5.41) is 11.8. The number of sulfonamides is 1. The van der Waals surface area contributed by atoms with Gasteiger partial charge in [-0.15, -0.1) is 0 Å². The summed E-state index contributed by atoms with van der Waals surface area (Å²) in [6.45, 7) is 5.00. The van der Waals surface area contributed by atoms with E-state index < -0.39 is 27.9 Å². The highest BCUT2D eigenvalue weighted by Crippen LogP contribution is 2.33. The van der Waals surface area contributed by atoms with E-state index in [4.69, 9.17) is 0 Å². The van der Waals surface area contributed by atoms with Crippen LogP contribution in [0.3, 0.4) is 0 Å². The van der Waals surface area contributed by atoms with Gasteiger partial charge in [0.1, 0.15) is 6.04 Å². The van der Waals surface area contributed by atoms with Crippen molar-refractivity contribution < 1.29 is 23.1 Å². The molecule has 3 unspecified atom stereocenters. The molecule has 0 bridgehead atoms. The Hall–Kier alpha value is -1.93. The Morgan fingerprint density at radius 1 is 1.19 bits per heavy atom. The first kappa shape index (κ1) is 19.8. The van der Waals surface area contributed by atoms with Crippen LogP contribution in [0, 0.1) is 17.8 Å². The van der Waals surface area contributed by atoms with Gasteiger partial charge in [0.25, 0.3) is 5.91 Å². The number of hydrogen-bond donors (Lipinski definition) is 2. The number of carboxylic acid groups (broad SMARTS) is 1. The summed E-state index contributed by atoms with van der Waals surface area (Å²) in [4.78, 5) is 23.9. The predicted molar refractivity (Wildman–Crippen MR) is 99.8 cm³/mol. The normalized spacial score (nSPS) is 25.0. The molecule has 0 aromatic heterocycles. The minimum atomic E-state index is -3.70. The van der Waals surface area contributed by atoms with Crippen molar-refractivity contribution in [3.05, 3.63) is 29.8 Å². The van der Waals surface area contributed by atoms with E-state index in [-0.39, 0.29) is 28.2 Å². The average molecular weight is 394 g/mol. The van der Waals surface area contributed by atoms with Gasteiger partial charge in [0, 0.05) is 18.7 Å². The molecule has 1 aromatic carbocycles. The average Bonchev–Trinajstić information content (AvgIpc) is 3.43. The SMILES string of the molecule is CC1CC(C)CN(S(=O)(=O)c2cccc(C(=O)NC(C(=O)O)C3CC3)c2)C1. The minimum Gasteiger partial charge on any atom is -0.480 e. The van der Waals surface area contributed by atoms with Crippen molar-refractivity contribution in [1.29, 1.82) is 0 Å². The maximum atomic E-state index is 13.0. The third-order valence-electron chi connectivity index (χ3n) is 5.22. The molecule has 148 valence electrons. The van der Waals surface area contributed by atoms with Crippen LogP contribution in [0.25, 0.3) is 0 Å². The number of carboxylic acids is 1. The monoisotopic (exact) mass is 394 g/mol. The zero-order valence-electron chi connectivity index (χ0n) is 15.6. The number of benzene rings is 1. The highest BCUT2D eigenvalue weighted by molar-refractivity contribution is 7.89. The van der Waals surface area contributed by atoms with Gasteiger partial charge in [0.15, 0.2) is 0 Å². The maximum Gasteiger partial charge on any atom is 0.326 e. The fourth-order valence-electron chi connectivity index (χ4n) is 3.78. The molecule has 2 fully saturated rings. The lowest BCUT2D eigenvalue weighted by atomic mass is 9.94. The van der Waals surface area contributed by atoms with Gasteiger partial charge in [0.2, 0.25) is 10.0 Å². The molecule has 2 N–H and O–H groups in total. The third kappa shape index (κ3) is 4.50. The van der Waals surface area contributed by atoms with Gasteiger partial charge in [-0.3, -0.25) is 4.79 Å². The van der Waals surface area contributed by atoms with Crippen LogP contribution in [0.2, 0.25) is 0 Å². The number of amides is 1. The van der Waals surface area contributed by atoms with E-state index in [9.17, 15) is 23.1 Å². The van der Waals surface area contributed by atoms with E-state index in [2.05, 4.69) is 5.32 Å². The molecule has 1 saturated carbocycles. The van der Waals surface area contributed by atoms with Gasteiger partial charge in [0.05, 0.1) is 4.90 Å². The Labute approximate surface area is 159 Å². The van der Waals surface area contributed by atoms with Crippen molar-refractivity contribution in [3.63, 3.8) is 0 Å².